The highest BCUT2D eigenvalue weighted by Crippen LogP contribution is 2.01. The van der Waals surface area contributed by atoms with E-state index in [-0.39, 0.29) is 12.1 Å². The van der Waals surface area contributed by atoms with Crippen LogP contribution in [0.2, 0.25) is 0 Å². The van der Waals surface area contributed by atoms with Gasteiger partial charge in [-0.05, 0) is 37.8 Å². The first-order valence-corrected chi connectivity index (χ1v) is 9.26. The molecule has 0 aliphatic heterocycles. The highest BCUT2D eigenvalue weighted by Gasteiger charge is 1.95. The smallest absolute Gasteiger partial charge is 0.328 e. The van der Waals surface area contributed by atoms with Crippen LogP contribution in [-0.2, 0) is 23.2 Å². The maximum Gasteiger partial charge on any atom is 0.394 e. The normalized spacial score (nSPS) is 12.7. The van der Waals surface area contributed by atoms with Gasteiger partial charge in [0.2, 0.25) is 0 Å². The van der Waals surface area contributed by atoms with Crippen LogP contribution in [0.15, 0.2) is 60.7 Å². The molecule has 0 heterocycles. The van der Waals surface area contributed by atoms with Crippen molar-refractivity contribution < 1.29 is 17.5 Å². The Hall–Kier alpha value is -1.77. The van der Waals surface area contributed by atoms with Gasteiger partial charge in [-0.15, -0.1) is 0 Å². The third-order valence-corrected chi connectivity index (χ3v) is 2.80. The highest BCUT2D eigenvalue weighted by atomic mass is 32.3. The first kappa shape index (κ1) is 23.2. The zero-order valence-electron chi connectivity index (χ0n) is 14.6. The summed E-state index contributed by atoms with van der Waals surface area (Å²) >= 11 is 0. The van der Waals surface area contributed by atoms with E-state index in [9.17, 15) is 0 Å². The van der Waals surface area contributed by atoms with E-state index in [1.807, 2.05) is 50.2 Å². The number of benzene rings is 2. The summed E-state index contributed by atoms with van der Waals surface area (Å²) in [5, 5.41) is 0. The lowest BCUT2D eigenvalue weighted by molar-refractivity contribution is 0.381. The van der Waals surface area contributed by atoms with Gasteiger partial charge in [-0.1, -0.05) is 60.7 Å². The molecule has 140 valence electrons. The number of nitrogens with two attached hydrogens (primary N) is 2. The van der Waals surface area contributed by atoms with Gasteiger partial charge >= 0.3 is 10.4 Å². The van der Waals surface area contributed by atoms with Crippen LogP contribution in [0.25, 0.3) is 0 Å². The quantitative estimate of drug-likeness (QED) is 0.614. The summed E-state index contributed by atoms with van der Waals surface area (Å²) in [6.45, 7) is 4.04. The Kier molecular flexibility index (Phi) is 11.7. The minimum Gasteiger partial charge on any atom is -0.328 e. The maximum absolute atomic E-state index is 8.74. The van der Waals surface area contributed by atoms with Gasteiger partial charge in [-0.25, -0.2) is 0 Å². The van der Waals surface area contributed by atoms with Crippen LogP contribution < -0.4 is 11.5 Å². The summed E-state index contributed by atoms with van der Waals surface area (Å²) in [6, 6.07) is 21.1. The molecule has 0 radical (unpaired) electrons. The van der Waals surface area contributed by atoms with Crippen molar-refractivity contribution in [3.63, 3.8) is 0 Å². The summed E-state index contributed by atoms with van der Waals surface area (Å²) in [5.41, 5.74) is 13.9. The van der Waals surface area contributed by atoms with Crippen LogP contribution in [0.3, 0.4) is 0 Å². The molecule has 25 heavy (non-hydrogen) atoms. The second-order valence-corrected chi connectivity index (χ2v) is 6.68. The number of hydrogen-bond acceptors (Lipinski definition) is 4. The van der Waals surface area contributed by atoms with Crippen molar-refractivity contribution in [2.75, 3.05) is 0 Å². The topological polar surface area (TPSA) is 127 Å². The Labute approximate surface area is 150 Å². The molecule has 2 atom stereocenters. The summed E-state index contributed by atoms with van der Waals surface area (Å²) in [6.07, 6.45) is 1.95. The van der Waals surface area contributed by atoms with Crippen molar-refractivity contribution in [2.45, 2.75) is 38.8 Å². The van der Waals surface area contributed by atoms with Gasteiger partial charge in [0.05, 0.1) is 0 Å². The van der Waals surface area contributed by atoms with E-state index < -0.39 is 10.4 Å². The fraction of sp³-hybridized carbons (Fsp3) is 0.333. The van der Waals surface area contributed by atoms with Gasteiger partial charge in [0, 0.05) is 12.1 Å². The zero-order chi connectivity index (χ0) is 19.3. The van der Waals surface area contributed by atoms with Crippen molar-refractivity contribution in [1.82, 2.24) is 0 Å². The van der Waals surface area contributed by atoms with Gasteiger partial charge in [0.1, 0.15) is 0 Å². The van der Waals surface area contributed by atoms with Crippen LogP contribution in [0.1, 0.15) is 25.0 Å². The fourth-order valence-electron chi connectivity index (χ4n) is 1.97. The molecule has 0 amide bonds. The average Bonchev–Trinajstić information content (AvgIpc) is 2.47. The van der Waals surface area contributed by atoms with Gasteiger partial charge in [-0.2, -0.15) is 8.42 Å². The van der Waals surface area contributed by atoms with Gasteiger partial charge < -0.3 is 11.5 Å². The molecule has 7 heteroatoms. The molecule has 0 spiro atoms. The molecular weight excluding hydrogens is 340 g/mol. The predicted molar refractivity (Wildman–Crippen MR) is 102 cm³/mol. The van der Waals surface area contributed by atoms with Crippen LogP contribution in [-0.4, -0.2) is 29.6 Å². The van der Waals surface area contributed by atoms with Crippen LogP contribution in [0.5, 0.6) is 0 Å². The first-order valence-electron chi connectivity index (χ1n) is 7.86. The predicted octanol–water partition coefficient (Wildman–Crippen LogP) is 2.50. The summed E-state index contributed by atoms with van der Waals surface area (Å²) < 4.78 is 31.6. The largest absolute Gasteiger partial charge is 0.394 e. The summed E-state index contributed by atoms with van der Waals surface area (Å²) in [4.78, 5) is 0. The highest BCUT2D eigenvalue weighted by molar-refractivity contribution is 7.79. The minimum absolute atomic E-state index is 0.266. The Bertz CT molecular complexity index is 606. The van der Waals surface area contributed by atoms with E-state index in [2.05, 4.69) is 24.3 Å². The number of rotatable bonds is 4. The Morgan fingerprint density at radius 3 is 1.20 bits per heavy atom. The minimum atomic E-state index is -4.67. The lowest BCUT2D eigenvalue weighted by atomic mass is 10.1. The van der Waals surface area contributed by atoms with Crippen LogP contribution >= 0.6 is 0 Å². The van der Waals surface area contributed by atoms with E-state index in [0.717, 1.165) is 12.8 Å². The van der Waals surface area contributed by atoms with Crippen molar-refractivity contribution >= 4 is 10.4 Å². The van der Waals surface area contributed by atoms with Crippen LogP contribution in [0, 0.1) is 0 Å². The van der Waals surface area contributed by atoms with E-state index in [0.29, 0.717) is 0 Å². The Balaban J connectivity index is 0.000000368. The van der Waals surface area contributed by atoms with Crippen molar-refractivity contribution in [3.8, 4) is 0 Å². The molecule has 6 N–H and O–H groups in total. The van der Waals surface area contributed by atoms with Crippen molar-refractivity contribution in [2.24, 2.45) is 11.5 Å². The molecule has 2 aromatic carbocycles. The lowest BCUT2D eigenvalue weighted by Gasteiger charge is -2.02. The summed E-state index contributed by atoms with van der Waals surface area (Å²) in [7, 11) is -4.67. The Morgan fingerprint density at radius 2 is 1.00 bits per heavy atom. The molecule has 0 saturated carbocycles. The van der Waals surface area contributed by atoms with E-state index in [1.165, 1.54) is 11.1 Å². The molecule has 0 fully saturated rings. The second kappa shape index (κ2) is 12.6. The molecular formula is C18H28N2O4S. The van der Waals surface area contributed by atoms with Gasteiger partial charge in [0.25, 0.3) is 0 Å². The molecule has 0 saturated heterocycles. The lowest BCUT2D eigenvalue weighted by Crippen LogP contribution is -2.17. The van der Waals surface area contributed by atoms with E-state index >= 15 is 0 Å². The Morgan fingerprint density at radius 1 is 0.760 bits per heavy atom. The average molecular weight is 368 g/mol. The zero-order valence-corrected chi connectivity index (χ0v) is 15.4. The van der Waals surface area contributed by atoms with Gasteiger partial charge in [-0.3, -0.25) is 9.11 Å². The van der Waals surface area contributed by atoms with E-state index in [4.69, 9.17) is 29.0 Å². The molecule has 6 nitrogen and oxygen atoms in total. The SMILES string of the molecule is CC(N)Cc1ccccc1.CC(N)Cc1ccccc1.O=S(=O)(O)O. The summed E-state index contributed by atoms with van der Waals surface area (Å²) in [5.74, 6) is 0. The molecule has 2 aromatic rings. The van der Waals surface area contributed by atoms with Crippen molar-refractivity contribution in [1.29, 1.82) is 0 Å². The first-order chi connectivity index (χ1) is 11.6. The third kappa shape index (κ3) is 18.4. The molecule has 0 aliphatic carbocycles. The van der Waals surface area contributed by atoms with Gasteiger partial charge in [0.15, 0.2) is 0 Å². The number of hydrogen-bond donors (Lipinski definition) is 4. The van der Waals surface area contributed by atoms with E-state index in [1.54, 1.807) is 0 Å². The second-order valence-electron chi connectivity index (χ2n) is 5.78. The standard InChI is InChI=1S/2C9H13N.H2O4S/c2*1-8(10)7-9-5-3-2-4-6-9;1-5(2,3)4/h2*2-6,8H,7,10H2,1H3;(H2,1,2,3,4). The monoisotopic (exact) mass is 368 g/mol. The molecule has 2 unspecified atom stereocenters. The molecule has 0 bridgehead atoms. The fourth-order valence-corrected chi connectivity index (χ4v) is 1.97. The molecule has 0 aliphatic rings. The molecule has 0 aromatic heterocycles. The maximum atomic E-state index is 8.74. The molecule has 2 rings (SSSR count). The third-order valence-electron chi connectivity index (χ3n) is 2.80. The van der Waals surface area contributed by atoms with Crippen LogP contribution in [0.4, 0.5) is 0 Å². The van der Waals surface area contributed by atoms with Crippen molar-refractivity contribution in [3.05, 3.63) is 71.8 Å².